The van der Waals surface area contributed by atoms with Gasteiger partial charge in [0.1, 0.15) is 0 Å². The summed E-state index contributed by atoms with van der Waals surface area (Å²) in [5, 5.41) is 19.1. The number of amides is 2. The number of ether oxygens (including phenoxy) is 1. The van der Waals surface area contributed by atoms with Crippen LogP contribution in [0.2, 0.25) is 0 Å². The van der Waals surface area contributed by atoms with E-state index in [4.69, 9.17) is 4.74 Å². The van der Waals surface area contributed by atoms with E-state index in [0.29, 0.717) is 24.0 Å². The zero-order valence-corrected chi connectivity index (χ0v) is 11.4. The maximum atomic E-state index is 12.2. The molecule has 6 nitrogen and oxygen atoms in total. The molecule has 6 heteroatoms. The standard InChI is InChI=1S/C15H17NO5/c17-9-7-10(21-13(18)8-9)5-6-16-14(19)11-3-1-2-4-12(11)15(16)20/h1-4,9-10,13,17-18H,5-8H2/t9-,10+,13-/m1/s1. The first-order valence-electron chi connectivity index (χ1n) is 7.03. The molecule has 1 fully saturated rings. The Morgan fingerprint density at radius 3 is 2.29 bits per heavy atom. The number of carbonyl (C=O) groups excluding carboxylic acids is 2. The summed E-state index contributed by atoms with van der Waals surface area (Å²) in [5.74, 6) is -0.597. The summed E-state index contributed by atoms with van der Waals surface area (Å²) in [6, 6.07) is 6.73. The molecule has 1 saturated heterocycles. The number of aliphatic hydroxyl groups is 2. The van der Waals surface area contributed by atoms with Crippen LogP contribution in [0.25, 0.3) is 0 Å². The van der Waals surface area contributed by atoms with Crippen molar-refractivity contribution in [3.8, 4) is 0 Å². The van der Waals surface area contributed by atoms with Gasteiger partial charge < -0.3 is 14.9 Å². The number of nitrogens with zero attached hydrogens (tertiary/aromatic N) is 1. The Kier molecular flexibility index (Phi) is 3.75. The second-order valence-corrected chi connectivity index (χ2v) is 5.43. The monoisotopic (exact) mass is 291 g/mol. The summed E-state index contributed by atoms with van der Waals surface area (Å²) >= 11 is 0. The third-order valence-electron chi connectivity index (χ3n) is 3.91. The molecular weight excluding hydrogens is 274 g/mol. The molecule has 2 amide bonds. The Balaban J connectivity index is 1.64. The van der Waals surface area contributed by atoms with Crippen LogP contribution in [-0.4, -0.2) is 52.0 Å². The quantitative estimate of drug-likeness (QED) is 0.793. The number of aliphatic hydroxyl groups excluding tert-OH is 2. The Morgan fingerprint density at radius 1 is 1.10 bits per heavy atom. The highest BCUT2D eigenvalue weighted by atomic mass is 16.6. The largest absolute Gasteiger partial charge is 0.393 e. The van der Waals surface area contributed by atoms with Gasteiger partial charge in [0.25, 0.3) is 11.8 Å². The number of hydrogen-bond donors (Lipinski definition) is 2. The van der Waals surface area contributed by atoms with E-state index in [0.717, 1.165) is 0 Å². The van der Waals surface area contributed by atoms with Crippen LogP contribution in [0.5, 0.6) is 0 Å². The maximum absolute atomic E-state index is 12.2. The van der Waals surface area contributed by atoms with Crippen molar-refractivity contribution in [2.24, 2.45) is 0 Å². The van der Waals surface area contributed by atoms with Crippen LogP contribution in [0.15, 0.2) is 24.3 Å². The molecule has 2 heterocycles. The van der Waals surface area contributed by atoms with Crippen LogP contribution < -0.4 is 0 Å². The van der Waals surface area contributed by atoms with Crippen LogP contribution in [-0.2, 0) is 4.74 Å². The highest BCUT2D eigenvalue weighted by Crippen LogP contribution is 2.25. The lowest BCUT2D eigenvalue weighted by Gasteiger charge is -2.31. The minimum absolute atomic E-state index is 0.198. The summed E-state index contributed by atoms with van der Waals surface area (Å²) < 4.78 is 5.31. The second kappa shape index (κ2) is 5.55. The average molecular weight is 291 g/mol. The smallest absolute Gasteiger partial charge is 0.261 e. The van der Waals surface area contributed by atoms with Crippen LogP contribution >= 0.6 is 0 Å². The molecule has 0 spiro atoms. The van der Waals surface area contributed by atoms with Crippen LogP contribution in [0.4, 0.5) is 0 Å². The highest BCUT2D eigenvalue weighted by molar-refractivity contribution is 6.21. The molecule has 2 aliphatic heterocycles. The molecule has 3 atom stereocenters. The molecule has 0 radical (unpaired) electrons. The lowest BCUT2D eigenvalue weighted by molar-refractivity contribution is -0.190. The van der Waals surface area contributed by atoms with Gasteiger partial charge in [-0.05, 0) is 25.0 Å². The van der Waals surface area contributed by atoms with E-state index in [-0.39, 0.29) is 30.9 Å². The fourth-order valence-corrected chi connectivity index (χ4v) is 2.87. The van der Waals surface area contributed by atoms with E-state index in [9.17, 15) is 19.8 Å². The van der Waals surface area contributed by atoms with E-state index >= 15 is 0 Å². The molecule has 2 N–H and O–H groups in total. The van der Waals surface area contributed by atoms with E-state index in [1.165, 1.54) is 4.90 Å². The van der Waals surface area contributed by atoms with Crippen molar-refractivity contribution in [1.29, 1.82) is 0 Å². The number of carbonyl (C=O) groups is 2. The number of hydrogen-bond acceptors (Lipinski definition) is 5. The molecule has 3 rings (SSSR count). The summed E-state index contributed by atoms with van der Waals surface area (Å²) in [7, 11) is 0. The second-order valence-electron chi connectivity index (χ2n) is 5.43. The van der Waals surface area contributed by atoms with Crippen molar-refractivity contribution in [3.63, 3.8) is 0 Å². The Bertz CT molecular complexity index is 528. The molecule has 0 saturated carbocycles. The zero-order chi connectivity index (χ0) is 15.0. The number of benzene rings is 1. The van der Waals surface area contributed by atoms with Crippen LogP contribution in [0.3, 0.4) is 0 Å². The van der Waals surface area contributed by atoms with Gasteiger partial charge in [-0.3, -0.25) is 14.5 Å². The first kappa shape index (κ1) is 14.2. The third-order valence-corrected chi connectivity index (χ3v) is 3.91. The van der Waals surface area contributed by atoms with Crippen LogP contribution in [0.1, 0.15) is 40.0 Å². The van der Waals surface area contributed by atoms with E-state index in [2.05, 4.69) is 0 Å². The van der Waals surface area contributed by atoms with Gasteiger partial charge in [-0.1, -0.05) is 12.1 Å². The summed E-state index contributed by atoms with van der Waals surface area (Å²) in [6.07, 6.45) is -0.946. The highest BCUT2D eigenvalue weighted by Gasteiger charge is 2.36. The first-order chi connectivity index (χ1) is 10.1. The van der Waals surface area contributed by atoms with Crippen molar-refractivity contribution in [3.05, 3.63) is 35.4 Å². The fourth-order valence-electron chi connectivity index (χ4n) is 2.87. The van der Waals surface area contributed by atoms with Crippen molar-refractivity contribution in [2.45, 2.75) is 37.8 Å². The molecule has 0 unspecified atom stereocenters. The minimum Gasteiger partial charge on any atom is -0.393 e. The molecule has 2 aliphatic rings. The van der Waals surface area contributed by atoms with Gasteiger partial charge in [-0.25, -0.2) is 0 Å². The Morgan fingerprint density at radius 2 is 1.71 bits per heavy atom. The average Bonchev–Trinajstić information content (AvgIpc) is 2.69. The van der Waals surface area contributed by atoms with Crippen molar-refractivity contribution in [2.75, 3.05) is 6.54 Å². The Hall–Kier alpha value is -1.76. The van der Waals surface area contributed by atoms with E-state index in [1.54, 1.807) is 24.3 Å². The predicted molar refractivity (Wildman–Crippen MR) is 72.5 cm³/mol. The number of imide groups is 1. The van der Waals surface area contributed by atoms with Gasteiger partial charge in [0, 0.05) is 13.0 Å². The molecular formula is C15H17NO5. The molecule has 0 bridgehead atoms. The van der Waals surface area contributed by atoms with Gasteiger partial charge in [-0.15, -0.1) is 0 Å². The molecule has 0 aromatic heterocycles. The van der Waals surface area contributed by atoms with Crippen LogP contribution in [0, 0.1) is 0 Å². The van der Waals surface area contributed by atoms with Crippen molar-refractivity contribution in [1.82, 2.24) is 4.90 Å². The summed E-state index contributed by atoms with van der Waals surface area (Å²) in [4.78, 5) is 25.5. The Labute approximate surface area is 121 Å². The zero-order valence-electron chi connectivity index (χ0n) is 11.4. The first-order valence-corrected chi connectivity index (χ1v) is 7.03. The molecule has 0 aliphatic carbocycles. The van der Waals surface area contributed by atoms with Crippen molar-refractivity contribution < 1.29 is 24.5 Å². The normalized spacial score (nSPS) is 28.9. The number of rotatable bonds is 3. The summed E-state index contributed by atoms with van der Waals surface area (Å²) in [5.41, 5.74) is 0.847. The lowest BCUT2D eigenvalue weighted by atomic mass is 10.0. The molecule has 21 heavy (non-hydrogen) atoms. The lowest BCUT2D eigenvalue weighted by Crippen LogP contribution is -2.39. The van der Waals surface area contributed by atoms with Gasteiger partial charge in [0.2, 0.25) is 0 Å². The SMILES string of the molecule is O=C1c2ccccc2C(=O)N1CC[C@H]1C[C@@H](O)C[C@H](O)O1. The van der Waals surface area contributed by atoms with Gasteiger partial charge in [-0.2, -0.15) is 0 Å². The fraction of sp³-hybridized carbons (Fsp3) is 0.467. The minimum atomic E-state index is -0.985. The third kappa shape index (κ3) is 2.70. The van der Waals surface area contributed by atoms with E-state index < -0.39 is 12.4 Å². The molecule has 1 aromatic carbocycles. The van der Waals surface area contributed by atoms with E-state index in [1.807, 2.05) is 0 Å². The maximum Gasteiger partial charge on any atom is 0.261 e. The van der Waals surface area contributed by atoms with Gasteiger partial charge in [0.05, 0.1) is 23.3 Å². The molecule has 1 aromatic rings. The summed E-state index contributed by atoms with van der Waals surface area (Å²) in [6.45, 7) is 0.219. The number of fused-ring (bicyclic) bond motifs is 1. The van der Waals surface area contributed by atoms with Gasteiger partial charge >= 0.3 is 0 Å². The topological polar surface area (TPSA) is 87.1 Å². The van der Waals surface area contributed by atoms with Gasteiger partial charge in [0.15, 0.2) is 6.29 Å². The predicted octanol–water partition coefficient (Wildman–Crippen LogP) is 0.531. The molecule has 112 valence electrons. The van der Waals surface area contributed by atoms with Crippen molar-refractivity contribution >= 4 is 11.8 Å².